The van der Waals surface area contributed by atoms with Gasteiger partial charge in [-0.25, -0.2) is 14.4 Å². The van der Waals surface area contributed by atoms with Crippen LogP contribution < -0.4 is 11.1 Å². The molecule has 1 aromatic heterocycles. The molecule has 18 heavy (non-hydrogen) atoms. The monoisotopic (exact) mass is 374 g/mol. The number of benzene rings is 1. The number of rotatable bonds is 3. The van der Waals surface area contributed by atoms with Crippen molar-refractivity contribution in [2.45, 2.75) is 0 Å². The predicted octanol–water partition coefficient (Wildman–Crippen LogP) is 2.60. The Morgan fingerprint density at radius 2 is 2.17 bits per heavy atom. The van der Waals surface area contributed by atoms with E-state index in [9.17, 15) is 4.39 Å². The van der Waals surface area contributed by atoms with Crippen LogP contribution in [0.15, 0.2) is 30.5 Å². The summed E-state index contributed by atoms with van der Waals surface area (Å²) in [6.07, 6.45) is 1.54. The molecule has 0 saturated heterocycles. The van der Waals surface area contributed by atoms with Crippen molar-refractivity contribution >= 4 is 51.4 Å². The summed E-state index contributed by atoms with van der Waals surface area (Å²) in [5.74, 6) is 0.0231. The maximum atomic E-state index is 13.4. The van der Waals surface area contributed by atoms with Crippen LogP contribution in [-0.4, -0.2) is 15.0 Å². The van der Waals surface area contributed by atoms with Gasteiger partial charge in [0.15, 0.2) is 0 Å². The maximum absolute atomic E-state index is 13.4. The highest BCUT2D eigenvalue weighted by molar-refractivity contribution is 14.1. The Labute approximate surface area is 122 Å². The van der Waals surface area contributed by atoms with E-state index >= 15 is 0 Å². The highest BCUT2D eigenvalue weighted by Crippen LogP contribution is 2.23. The van der Waals surface area contributed by atoms with E-state index in [-0.39, 0.29) is 10.8 Å². The van der Waals surface area contributed by atoms with E-state index in [1.54, 1.807) is 18.2 Å². The van der Waals surface area contributed by atoms with Crippen LogP contribution in [-0.2, 0) is 0 Å². The molecule has 2 rings (SSSR count). The van der Waals surface area contributed by atoms with Gasteiger partial charge in [-0.15, -0.1) is 0 Å². The normalized spacial score (nSPS) is 10.1. The highest BCUT2D eigenvalue weighted by atomic mass is 127. The number of anilines is 2. The van der Waals surface area contributed by atoms with E-state index in [1.165, 1.54) is 12.3 Å². The summed E-state index contributed by atoms with van der Waals surface area (Å²) in [5, 5.41) is 2.92. The average Bonchev–Trinajstić information content (AvgIpc) is 2.35. The molecular formula is C11H8FIN4S. The van der Waals surface area contributed by atoms with Gasteiger partial charge in [-0.1, -0.05) is 18.3 Å². The fraction of sp³-hybridized carbons (Fsp3) is 0. The van der Waals surface area contributed by atoms with Crippen LogP contribution in [0.5, 0.6) is 0 Å². The molecule has 0 unspecified atom stereocenters. The molecule has 2 aromatic rings. The van der Waals surface area contributed by atoms with Crippen molar-refractivity contribution in [1.29, 1.82) is 0 Å². The Morgan fingerprint density at radius 1 is 1.39 bits per heavy atom. The Hall–Kier alpha value is -1.35. The SMILES string of the molecule is NC(=S)c1ccnc(Nc2cccc(F)c2I)n1. The zero-order valence-corrected chi connectivity index (χ0v) is 12.0. The van der Waals surface area contributed by atoms with Crippen molar-refractivity contribution in [2.24, 2.45) is 5.73 Å². The molecule has 0 aliphatic heterocycles. The smallest absolute Gasteiger partial charge is 0.227 e. The van der Waals surface area contributed by atoms with Crippen LogP contribution in [0, 0.1) is 9.39 Å². The molecule has 3 N–H and O–H groups in total. The number of hydrogen-bond donors (Lipinski definition) is 2. The first kappa shape index (κ1) is 13.1. The Balaban J connectivity index is 2.31. The van der Waals surface area contributed by atoms with E-state index in [2.05, 4.69) is 15.3 Å². The third-order valence-corrected chi connectivity index (χ3v) is 3.41. The van der Waals surface area contributed by atoms with Crippen LogP contribution in [0.4, 0.5) is 16.0 Å². The summed E-state index contributed by atoms with van der Waals surface area (Å²) in [4.78, 5) is 8.34. The minimum atomic E-state index is -0.300. The number of halogens is 2. The summed E-state index contributed by atoms with van der Waals surface area (Å²) < 4.78 is 13.8. The zero-order valence-electron chi connectivity index (χ0n) is 9.02. The van der Waals surface area contributed by atoms with Crippen molar-refractivity contribution in [3.8, 4) is 0 Å². The average molecular weight is 374 g/mol. The van der Waals surface area contributed by atoms with Gasteiger partial charge in [0.2, 0.25) is 5.95 Å². The fourth-order valence-corrected chi connectivity index (χ4v) is 1.89. The second kappa shape index (κ2) is 5.53. The number of nitrogens with one attached hydrogen (secondary N) is 1. The number of nitrogens with zero attached hydrogens (tertiary/aromatic N) is 2. The lowest BCUT2D eigenvalue weighted by Crippen LogP contribution is -2.13. The van der Waals surface area contributed by atoms with Gasteiger partial charge in [0.25, 0.3) is 0 Å². The first-order chi connectivity index (χ1) is 8.58. The van der Waals surface area contributed by atoms with E-state index < -0.39 is 0 Å². The third-order valence-electron chi connectivity index (χ3n) is 2.11. The lowest BCUT2D eigenvalue weighted by atomic mass is 10.3. The molecule has 1 aromatic carbocycles. The van der Waals surface area contributed by atoms with Crippen LogP contribution >= 0.6 is 34.8 Å². The largest absolute Gasteiger partial charge is 0.388 e. The van der Waals surface area contributed by atoms with E-state index in [0.717, 1.165) is 0 Å². The molecule has 1 heterocycles. The quantitative estimate of drug-likeness (QED) is 0.639. The molecule has 0 atom stereocenters. The van der Waals surface area contributed by atoms with Crippen LogP contribution in [0.25, 0.3) is 0 Å². The second-order valence-corrected chi connectivity index (χ2v) is 4.87. The molecule has 0 saturated carbocycles. The van der Waals surface area contributed by atoms with Crippen molar-refractivity contribution in [3.05, 3.63) is 45.5 Å². The van der Waals surface area contributed by atoms with Gasteiger partial charge >= 0.3 is 0 Å². The van der Waals surface area contributed by atoms with Gasteiger partial charge in [-0.05, 0) is 40.8 Å². The van der Waals surface area contributed by atoms with Crippen LogP contribution in [0.3, 0.4) is 0 Å². The molecule has 0 bridgehead atoms. The maximum Gasteiger partial charge on any atom is 0.227 e. The number of aromatic nitrogens is 2. The standard InChI is InChI=1S/C11H8FIN4S/c12-6-2-1-3-7(9(6)13)16-11-15-5-4-8(17-11)10(14)18/h1-5H,(H2,14,18)(H,15,16,17). The van der Waals surface area contributed by atoms with Gasteiger partial charge in [0.05, 0.1) is 9.26 Å². The van der Waals surface area contributed by atoms with Crippen molar-refractivity contribution < 1.29 is 4.39 Å². The van der Waals surface area contributed by atoms with Crippen LogP contribution in [0.2, 0.25) is 0 Å². The predicted molar refractivity (Wildman–Crippen MR) is 80.3 cm³/mol. The highest BCUT2D eigenvalue weighted by Gasteiger charge is 2.07. The summed E-state index contributed by atoms with van der Waals surface area (Å²) in [5.41, 5.74) is 6.54. The van der Waals surface area contributed by atoms with E-state index in [1.807, 2.05) is 22.6 Å². The molecule has 0 aliphatic rings. The van der Waals surface area contributed by atoms with Gasteiger partial charge in [-0.3, -0.25) is 0 Å². The molecule has 0 spiro atoms. The molecular weight excluding hydrogens is 366 g/mol. The number of nitrogens with two attached hydrogens (primary N) is 1. The van der Waals surface area contributed by atoms with Gasteiger partial charge in [0.1, 0.15) is 16.5 Å². The summed E-state index contributed by atoms with van der Waals surface area (Å²) >= 11 is 6.74. The molecule has 4 nitrogen and oxygen atoms in total. The summed E-state index contributed by atoms with van der Waals surface area (Å²) in [6, 6.07) is 6.35. The Bertz CT molecular complexity index is 605. The molecule has 0 fully saturated rings. The summed E-state index contributed by atoms with van der Waals surface area (Å²) in [7, 11) is 0. The minimum absolute atomic E-state index is 0.189. The van der Waals surface area contributed by atoms with Gasteiger partial charge in [-0.2, -0.15) is 0 Å². The van der Waals surface area contributed by atoms with Crippen molar-refractivity contribution in [1.82, 2.24) is 9.97 Å². The molecule has 0 amide bonds. The van der Waals surface area contributed by atoms with Gasteiger partial charge < -0.3 is 11.1 Å². The molecule has 0 aliphatic carbocycles. The number of hydrogen-bond acceptors (Lipinski definition) is 4. The van der Waals surface area contributed by atoms with E-state index in [0.29, 0.717) is 20.9 Å². The third kappa shape index (κ3) is 2.91. The Morgan fingerprint density at radius 3 is 2.89 bits per heavy atom. The summed E-state index contributed by atoms with van der Waals surface area (Å²) in [6.45, 7) is 0. The lowest BCUT2D eigenvalue weighted by Gasteiger charge is -2.08. The fourth-order valence-electron chi connectivity index (χ4n) is 1.28. The minimum Gasteiger partial charge on any atom is -0.388 e. The van der Waals surface area contributed by atoms with Gasteiger partial charge in [0, 0.05) is 6.20 Å². The molecule has 7 heteroatoms. The zero-order chi connectivity index (χ0) is 13.1. The topological polar surface area (TPSA) is 63.8 Å². The number of thiocarbonyl (C=S) groups is 1. The first-order valence-electron chi connectivity index (χ1n) is 4.92. The Kier molecular flexibility index (Phi) is 4.02. The molecule has 0 radical (unpaired) electrons. The van der Waals surface area contributed by atoms with E-state index in [4.69, 9.17) is 18.0 Å². The lowest BCUT2D eigenvalue weighted by molar-refractivity contribution is 0.621. The molecule has 92 valence electrons. The first-order valence-corrected chi connectivity index (χ1v) is 6.40. The second-order valence-electron chi connectivity index (χ2n) is 3.36. The van der Waals surface area contributed by atoms with Crippen molar-refractivity contribution in [2.75, 3.05) is 5.32 Å². The van der Waals surface area contributed by atoms with Crippen LogP contribution in [0.1, 0.15) is 5.69 Å². The van der Waals surface area contributed by atoms with Crippen molar-refractivity contribution in [3.63, 3.8) is 0 Å².